The minimum absolute atomic E-state index is 0.0133. The fourth-order valence-corrected chi connectivity index (χ4v) is 2.38. The van der Waals surface area contributed by atoms with Crippen molar-refractivity contribution in [2.24, 2.45) is 5.10 Å². The Morgan fingerprint density at radius 3 is 2.73 bits per heavy atom. The summed E-state index contributed by atoms with van der Waals surface area (Å²) in [7, 11) is 0. The number of hydrogen-bond donors (Lipinski definition) is 2. The van der Waals surface area contributed by atoms with Gasteiger partial charge in [-0.25, -0.2) is 9.82 Å². The molecule has 2 aromatic rings. The first-order valence-electron chi connectivity index (χ1n) is 9.23. The number of carbonyl (C=O) groups is 2. The molecule has 2 amide bonds. The molecular weight excluding hydrogens is 389 g/mol. The monoisotopic (exact) mass is 411 g/mol. The molecule has 0 aliphatic heterocycles. The molecule has 156 valence electrons. The molecule has 0 fully saturated rings. The van der Waals surface area contributed by atoms with Gasteiger partial charge in [-0.2, -0.15) is 5.10 Å². The highest BCUT2D eigenvalue weighted by atomic mass is 19.1. The van der Waals surface area contributed by atoms with Crippen molar-refractivity contribution in [2.75, 3.05) is 19.8 Å². The van der Waals surface area contributed by atoms with Crippen LogP contribution in [0, 0.1) is 18.2 Å². The molecule has 2 aromatic carbocycles. The Kier molecular flexibility index (Phi) is 8.87. The molecule has 30 heavy (non-hydrogen) atoms. The molecule has 0 spiro atoms. The van der Waals surface area contributed by atoms with Gasteiger partial charge in [-0.3, -0.25) is 9.59 Å². The number of nitrogens with zero attached hydrogens (tertiary/aromatic N) is 1. The lowest BCUT2D eigenvalue weighted by molar-refractivity contribution is -0.120. The van der Waals surface area contributed by atoms with Crippen molar-refractivity contribution in [3.8, 4) is 23.8 Å². The lowest BCUT2D eigenvalue weighted by atomic mass is 10.2. The van der Waals surface area contributed by atoms with Crippen LogP contribution in [0.5, 0.6) is 11.5 Å². The van der Waals surface area contributed by atoms with E-state index < -0.39 is 17.6 Å². The zero-order valence-corrected chi connectivity index (χ0v) is 16.5. The molecule has 0 aromatic heterocycles. The van der Waals surface area contributed by atoms with E-state index >= 15 is 0 Å². The van der Waals surface area contributed by atoms with Crippen LogP contribution in [-0.4, -0.2) is 37.8 Å². The third-order valence-electron chi connectivity index (χ3n) is 3.74. The normalized spacial score (nSPS) is 10.3. The second kappa shape index (κ2) is 11.9. The van der Waals surface area contributed by atoms with Gasteiger partial charge >= 0.3 is 0 Å². The molecule has 0 unspecified atom stereocenters. The number of carbonyl (C=O) groups excluding carboxylic acids is 2. The molecule has 0 aliphatic rings. The van der Waals surface area contributed by atoms with Crippen LogP contribution in [0.1, 0.15) is 29.3 Å². The van der Waals surface area contributed by atoms with E-state index in [4.69, 9.17) is 15.9 Å². The molecule has 0 saturated carbocycles. The SMILES string of the molecule is C#CCOc1ccc(C=NNC(=O)CCNC(=O)c2ccccc2F)cc1OCC. The number of amides is 2. The largest absolute Gasteiger partial charge is 0.490 e. The molecule has 8 heteroatoms. The fourth-order valence-electron chi connectivity index (χ4n) is 2.38. The Balaban J connectivity index is 1.82. The van der Waals surface area contributed by atoms with Gasteiger partial charge in [-0.05, 0) is 42.8 Å². The summed E-state index contributed by atoms with van der Waals surface area (Å²) in [5.41, 5.74) is 2.97. The topological polar surface area (TPSA) is 89.0 Å². The lowest BCUT2D eigenvalue weighted by Gasteiger charge is -2.10. The van der Waals surface area contributed by atoms with Crippen LogP contribution in [-0.2, 0) is 4.79 Å². The van der Waals surface area contributed by atoms with Crippen LogP contribution in [0.3, 0.4) is 0 Å². The molecule has 0 saturated heterocycles. The lowest BCUT2D eigenvalue weighted by Crippen LogP contribution is -2.29. The van der Waals surface area contributed by atoms with Gasteiger partial charge in [0, 0.05) is 13.0 Å². The van der Waals surface area contributed by atoms with Gasteiger partial charge in [0.15, 0.2) is 11.5 Å². The maximum absolute atomic E-state index is 13.5. The highest BCUT2D eigenvalue weighted by Gasteiger charge is 2.10. The van der Waals surface area contributed by atoms with E-state index in [-0.39, 0.29) is 25.1 Å². The Morgan fingerprint density at radius 2 is 2.00 bits per heavy atom. The summed E-state index contributed by atoms with van der Waals surface area (Å²) < 4.78 is 24.5. The Bertz CT molecular complexity index is 954. The van der Waals surface area contributed by atoms with E-state index in [2.05, 4.69) is 21.8 Å². The summed E-state index contributed by atoms with van der Waals surface area (Å²) in [6, 6.07) is 10.8. The van der Waals surface area contributed by atoms with Crippen LogP contribution in [0.15, 0.2) is 47.6 Å². The molecule has 0 radical (unpaired) electrons. The molecule has 0 bridgehead atoms. The maximum atomic E-state index is 13.5. The minimum Gasteiger partial charge on any atom is -0.490 e. The van der Waals surface area contributed by atoms with Gasteiger partial charge in [-0.1, -0.05) is 18.1 Å². The van der Waals surface area contributed by atoms with Crippen molar-refractivity contribution in [1.82, 2.24) is 10.7 Å². The highest BCUT2D eigenvalue weighted by Crippen LogP contribution is 2.27. The molecule has 0 atom stereocenters. The first-order valence-corrected chi connectivity index (χ1v) is 9.23. The number of ether oxygens (including phenoxy) is 2. The maximum Gasteiger partial charge on any atom is 0.254 e. The molecule has 2 rings (SSSR count). The summed E-state index contributed by atoms with van der Waals surface area (Å²) in [6.45, 7) is 2.46. The third-order valence-corrected chi connectivity index (χ3v) is 3.74. The Morgan fingerprint density at radius 1 is 1.20 bits per heavy atom. The van der Waals surface area contributed by atoms with E-state index in [1.165, 1.54) is 24.4 Å². The average molecular weight is 411 g/mol. The first kappa shape index (κ1) is 22.4. The van der Waals surface area contributed by atoms with E-state index in [0.29, 0.717) is 23.7 Å². The van der Waals surface area contributed by atoms with Gasteiger partial charge < -0.3 is 14.8 Å². The summed E-state index contributed by atoms with van der Waals surface area (Å²) in [4.78, 5) is 23.7. The van der Waals surface area contributed by atoms with E-state index in [1.807, 2.05) is 6.92 Å². The minimum atomic E-state index is -0.619. The smallest absolute Gasteiger partial charge is 0.254 e. The number of terminal acetylenes is 1. The van der Waals surface area contributed by atoms with Crippen LogP contribution in [0.4, 0.5) is 4.39 Å². The standard InChI is InChI=1S/C22H22FN3O4/c1-3-13-30-19-10-9-16(14-20(19)29-4-2)15-25-26-21(27)11-12-24-22(28)17-7-5-6-8-18(17)23/h1,5-10,14-15H,4,11-13H2,2H3,(H,24,28)(H,26,27). The number of benzene rings is 2. The quantitative estimate of drug-likeness (QED) is 0.357. The predicted molar refractivity (Wildman–Crippen MR) is 111 cm³/mol. The Labute approximate surface area is 174 Å². The molecule has 2 N–H and O–H groups in total. The molecule has 0 heterocycles. The van der Waals surface area contributed by atoms with Crippen molar-refractivity contribution >= 4 is 18.0 Å². The average Bonchev–Trinajstić information content (AvgIpc) is 2.73. The third kappa shape index (κ3) is 6.95. The summed E-state index contributed by atoms with van der Waals surface area (Å²) in [5, 5.41) is 6.37. The second-order valence-corrected chi connectivity index (χ2v) is 5.91. The van der Waals surface area contributed by atoms with E-state index in [9.17, 15) is 14.0 Å². The molecular formula is C22H22FN3O4. The number of hydrazone groups is 1. The van der Waals surface area contributed by atoms with Crippen molar-refractivity contribution in [3.63, 3.8) is 0 Å². The second-order valence-electron chi connectivity index (χ2n) is 5.91. The molecule has 0 aliphatic carbocycles. The zero-order valence-electron chi connectivity index (χ0n) is 16.5. The summed E-state index contributed by atoms with van der Waals surface area (Å²) in [5.74, 6) is 1.81. The number of hydrogen-bond acceptors (Lipinski definition) is 5. The Hall–Kier alpha value is -3.86. The van der Waals surface area contributed by atoms with Crippen molar-refractivity contribution in [1.29, 1.82) is 0 Å². The number of halogens is 1. The van der Waals surface area contributed by atoms with Gasteiger partial charge in [-0.15, -0.1) is 6.42 Å². The first-order chi connectivity index (χ1) is 14.5. The van der Waals surface area contributed by atoms with Crippen molar-refractivity contribution in [2.45, 2.75) is 13.3 Å². The predicted octanol–water partition coefficient (Wildman–Crippen LogP) is 2.51. The number of nitrogens with one attached hydrogen (secondary N) is 2. The van der Waals surface area contributed by atoms with E-state index in [1.54, 1.807) is 24.3 Å². The van der Waals surface area contributed by atoms with Crippen LogP contribution in [0.25, 0.3) is 0 Å². The summed E-state index contributed by atoms with van der Waals surface area (Å²) in [6.07, 6.45) is 6.63. The van der Waals surface area contributed by atoms with Gasteiger partial charge in [0.1, 0.15) is 12.4 Å². The fraction of sp³-hybridized carbons (Fsp3) is 0.227. The van der Waals surface area contributed by atoms with Gasteiger partial charge in [0.05, 0.1) is 18.4 Å². The van der Waals surface area contributed by atoms with E-state index in [0.717, 1.165) is 0 Å². The van der Waals surface area contributed by atoms with Crippen molar-refractivity contribution in [3.05, 3.63) is 59.4 Å². The van der Waals surface area contributed by atoms with Crippen LogP contribution < -0.4 is 20.2 Å². The van der Waals surface area contributed by atoms with Gasteiger partial charge in [0.25, 0.3) is 5.91 Å². The highest BCUT2D eigenvalue weighted by molar-refractivity contribution is 5.94. The number of rotatable bonds is 10. The van der Waals surface area contributed by atoms with Crippen molar-refractivity contribution < 1.29 is 23.5 Å². The zero-order chi connectivity index (χ0) is 21.8. The van der Waals surface area contributed by atoms with Crippen LogP contribution in [0.2, 0.25) is 0 Å². The molecule has 7 nitrogen and oxygen atoms in total. The van der Waals surface area contributed by atoms with Gasteiger partial charge in [0.2, 0.25) is 5.91 Å². The van der Waals surface area contributed by atoms with Crippen LogP contribution >= 0.6 is 0 Å². The summed E-state index contributed by atoms with van der Waals surface area (Å²) >= 11 is 0.